The molecule has 5 nitrogen and oxygen atoms in total. The van der Waals surface area contributed by atoms with Gasteiger partial charge in [-0.2, -0.15) is 0 Å². The van der Waals surface area contributed by atoms with E-state index in [9.17, 15) is 4.79 Å². The number of hydrogen-bond acceptors (Lipinski definition) is 3. The Balaban J connectivity index is 1.75. The molecule has 5 heteroatoms. The van der Waals surface area contributed by atoms with Crippen molar-refractivity contribution in [3.05, 3.63) is 69.1 Å². The summed E-state index contributed by atoms with van der Waals surface area (Å²) in [6.07, 6.45) is 0. The van der Waals surface area contributed by atoms with E-state index >= 15 is 0 Å². The zero-order valence-electron chi connectivity index (χ0n) is 11.3. The molecule has 21 heavy (non-hydrogen) atoms. The Morgan fingerprint density at radius 2 is 1.67 bits per heavy atom. The molecule has 1 aliphatic rings. The van der Waals surface area contributed by atoms with Gasteiger partial charge in [-0.05, 0) is 34.4 Å². The number of benzene rings is 2. The first kappa shape index (κ1) is 12.4. The van der Waals surface area contributed by atoms with Gasteiger partial charge in [-0.1, -0.05) is 24.3 Å². The lowest BCUT2D eigenvalue weighted by Gasteiger charge is -2.14. The summed E-state index contributed by atoms with van der Waals surface area (Å²) in [5.41, 5.74) is 12.2. The van der Waals surface area contributed by atoms with Crippen LogP contribution in [0.3, 0.4) is 0 Å². The highest BCUT2D eigenvalue weighted by molar-refractivity contribution is 5.75. The summed E-state index contributed by atoms with van der Waals surface area (Å²) in [6.45, 7) is 1.33. The third kappa shape index (κ3) is 2.07. The molecule has 0 fully saturated rings. The SMILES string of the molecule is NC(c1ccc2c(c1)COC2)c1ccc2[nH]c(=O)[nH]c2c1. The van der Waals surface area contributed by atoms with E-state index in [1.54, 1.807) is 0 Å². The summed E-state index contributed by atoms with van der Waals surface area (Å²) < 4.78 is 5.43. The van der Waals surface area contributed by atoms with Gasteiger partial charge in [0.05, 0.1) is 30.3 Å². The van der Waals surface area contributed by atoms with Gasteiger partial charge in [0.2, 0.25) is 0 Å². The fourth-order valence-electron chi connectivity index (χ4n) is 2.82. The molecule has 2 heterocycles. The zero-order chi connectivity index (χ0) is 14.4. The average molecular weight is 281 g/mol. The number of H-pyrrole nitrogens is 2. The molecule has 4 rings (SSSR count). The molecule has 2 aromatic carbocycles. The lowest BCUT2D eigenvalue weighted by Crippen LogP contribution is -2.12. The van der Waals surface area contributed by atoms with Crippen molar-refractivity contribution in [3.63, 3.8) is 0 Å². The maximum atomic E-state index is 11.3. The molecule has 1 atom stereocenters. The van der Waals surface area contributed by atoms with Crippen LogP contribution in [0.4, 0.5) is 0 Å². The predicted molar refractivity (Wildman–Crippen MR) is 79.9 cm³/mol. The van der Waals surface area contributed by atoms with Gasteiger partial charge < -0.3 is 20.4 Å². The minimum Gasteiger partial charge on any atom is -0.372 e. The van der Waals surface area contributed by atoms with Crippen molar-refractivity contribution in [2.75, 3.05) is 0 Å². The van der Waals surface area contributed by atoms with E-state index in [1.807, 2.05) is 24.3 Å². The molecule has 1 aromatic heterocycles. The monoisotopic (exact) mass is 281 g/mol. The minimum atomic E-state index is -0.223. The highest BCUT2D eigenvalue weighted by Gasteiger charge is 2.15. The van der Waals surface area contributed by atoms with Gasteiger partial charge in [0.25, 0.3) is 0 Å². The normalized spacial score (nSPS) is 15.3. The summed E-state index contributed by atoms with van der Waals surface area (Å²) in [7, 11) is 0. The third-order valence-corrected chi connectivity index (χ3v) is 4.00. The highest BCUT2D eigenvalue weighted by Crippen LogP contribution is 2.27. The lowest BCUT2D eigenvalue weighted by molar-refractivity contribution is 0.134. The molecule has 0 spiro atoms. The molecule has 0 aliphatic carbocycles. The van der Waals surface area contributed by atoms with Crippen LogP contribution in [0.2, 0.25) is 0 Å². The van der Waals surface area contributed by atoms with E-state index in [2.05, 4.69) is 22.1 Å². The predicted octanol–water partition coefficient (Wildman–Crippen LogP) is 1.93. The van der Waals surface area contributed by atoms with Crippen molar-refractivity contribution in [1.82, 2.24) is 9.97 Å². The summed E-state index contributed by atoms with van der Waals surface area (Å²) >= 11 is 0. The van der Waals surface area contributed by atoms with Gasteiger partial charge in [0.15, 0.2) is 0 Å². The van der Waals surface area contributed by atoms with Gasteiger partial charge in [0, 0.05) is 0 Å². The molecular weight excluding hydrogens is 266 g/mol. The number of nitrogens with one attached hydrogen (secondary N) is 2. The molecule has 0 radical (unpaired) electrons. The van der Waals surface area contributed by atoms with Crippen LogP contribution in [0.15, 0.2) is 41.2 Å². The standard InChI is InChI=1S/C16H15N3O2/c17-15(9-1-2-11-7-21-8-12(11)5-9)10-3-4-13-14(6-10)19-16(20)18-13/h1-6,15H,7-8,17H2,(H2,18,19,20). The van der Waals surface area contributed by atoms with Crippen molar-refractivity contribution < 1.29 is 4.74 Å². The summed E-state index contributed by atoms with van der Waals surface area (Å²) in [5.74, 6) is 0. The molecule has 3 aromatic rings. The fraction of sp³-hybridized carbons (Fsp3) is 0.188. The van der Waals surface area contributed by atoms with Crippen LogP contribution in [0.5, 0.6) is 0 Å². The number of nitrogens with two attached hydrogens (primary N) is 1. The number of ether oxygens (including phenoxy) is 1. The van der Waals surface area contributed by atoms with Crippen molar-refractivity contribution in [1.29, 1.82) is 0 Å². The van der Waals surface area contributed by atoms with Crippen LogP contribution >= 0.6 is 0 Å². The van der Waals surface area contributed by atoms with Crippen LogP contribution in [-0.2, 0) is 18.0 Å². The Labute approximate surface area is 120 Å². The van der Waals surface area contributed by atoms with Crippen molar-refractivity contribution in [3.8, 4) is 0 Å². The van der Waals surface area contributed by atoms with Gasteiger partial charge in [0.1, 0.15) is 0 Å². The Hall–Kier alpha value is -2.37. The smallest absolute Gasteiger partial charge is 0.323 e. The molecule has 0 saturated carbocycles. The van der Waals surface area contributed by atoms with E-state index in [-0.39, 0.29) is 11.7 Å². The Kier molecular flexibility index (Phi) is 2.70. The quantitative estimate of drug-likeness (QED) is 0.671. The molecule has 106 valence electrons. The third-order valence-electron chi connectivity index (χ3n) is 4.00. The maximum Gasteiger partial charge on any atom is 0.323 e. The number of imidazole rings is 1. The number of fused-ring (bicyclic) bond motifs is 2. The first-order chi connectivity index (χ1) is 10.2. The second kappa shape index (κ2) is 4.58. The number of hydrogen-bond donors (Lipinski definition) is 3. The van der Waals surface area contributed by atoms with Crippen molar-refractivity contribution >= 4 is 11.0 Å². The molecule has 1 aliphatic heterocycles. The van der Waals surface area contributed by atoms with E-state index in [1.165, 1.54) is 11.1 Å². The fourth-order valence-corrected chi connectivity index (χ4v) is 2.82. The summed E-state index contributed by atoms with van der Waals surface area (Å²) in [6, 6.07) is 11.7. The van der Waals surface area contributed by atoms with Crippen LogP contribution in [0.1, 0.15) is 28.3 Å². The Bertz CT molecular complexity index is 879. The Morgan fingerprint density at radius 3 is 2.57 bits per heavy atom. The van der Waals surface area contributed by atoms with Crippen LogP contribution in [0, 0.1) is 0 Å². The van der Waals surface area contributed by atoms with Gasteiger partial charge in [-0.25, -0.2) is 4.79 Å². The van der Waals surface area contributed by atoms with Gasteiger partial charge in [-0.3, -0.25) is 0 Å². The summed E-state index contributed by atoms with van der Waals surface area (Å²) in [4.78, 5) is 16.8. The first-order valence-corrected chi connectivity index (χ1v) is 6.88. The van der Waals surface area contributed by atoms with Gasteiger partial charge in [-0.15, -0.1) is 0 Å². The minimum absolute atomic E-state index is 0.203. The number of aromatic amines is 2. The topological polar surface area (TPSA) is 83.9 Å². The Morgan fingerprint density at radius 1 is 0.952 bits per heavy atom. The van der Waals surface area contributed by atoms with Crippen LogP contribution in [0.25, 0.3) is 11.0 Å². The van der Waals surface area contributed by atoms with E-state index in [0.29, 0.717) is 13.2 Å². The second-order valence-corrected chi connectivity index (χ2v) is 5.38. The number of rotatable bonds is 2. The number of aromatic nitrogens is 2. The molecule has 0 amide bonds. The van der Waals surface area contributed by atoms with Crippen LogP contribution in [-0.4, -0.2) is 9.97 Å². The second-order valence-electron chi connectivity index (χ2n) is 5.38. The lowest BCUT2D eigenvalue weighted by atomic mass is 9.96. The van der Waals surface area contributed by atoms with Crippen LogP contribution < -0.4 is 11.4 Å². The maximum absolute atomic E-state index is 11.3. The van der Waals surface area contributed by atoms with E-state index in [4.69, 9.17) is 10.5 Å². The highest BCUT2D eigenvalue weighted by atomic mass is 16.5. The zero-order valence-corrected chi connectivity index (χ0v) is 11.3. The molecule has 4 N–H and O–H groups in total. The first-order valence-electron chi connectivity index (χ1n) is 6.88. The molecule has 0 saturated heterocycles. The average Bonchev–Trinajstić information content (AvgIpc) is 3.09. The molecule has 1 unspecified atom stereocenters. The summed E-state index contributed by atoms with van der Waals surface area (Å²) in [5, 5.41) is 0. The van der Waals surface area contributed by atoms with Crippen molar-refractivity contribution in [2.24, 2.45) is 5.73 Å². The van der Waals surface area contributed by atoms with Crippen molar-refractivity contribution in [2.45, 2.75) is 19.3 Å². The van der Waals surface area contributed by atoms with E-state index < -0.39 is 0 Å². The largest absolute Gasteiger partial charge is 0.372 e. The molecule has 0 bridgehead atoms. The molecular formula is C16H15N3O2. The van der Waals surface area contributed by atoms with E-state index in [0.717, 1.165) is 22.2 Å². The van der Waals surface area contributed by atoms with Gasteiger partial charge >= 0.3 is 5.69 Å².